The van der Waals surface area contributed by atoms with E-state index in [1.807, 2.05) is 27.7 Å². The molecule has 3 aromatic rings. The molecule has 0 aliphatic carbocycles. The quantitative estimate of drug-likeness (QED) is 0.241. The average molecular weight is 618 g/mol. The van der Waals surface area contributed by atoms with Crippen LogP contribution in [-0.2, 0) is 17.8 Å². The predicted octanol–water partition coefficient (Wildman–Crippen LogP) is 5.91. The van der Waals surface area contributed by atoms with Crippen molar-refractivity contribution >= 4 is 45.5 Å². The number of anilines is 4. The fourth-order valence-electron chi connectivity index (χ4n) is 5.18. The van der Waals surface area contributed by atoms with Crippen LogP contribution in [0.3, 0.4) is 0 Å². The summed E-state index contributed by atoms with van der Waals surface area (Å²) < 4.78 is 20.7. The first kappa shape index (κ1) is 32.2. The third-order valence-electron chi connectivity index (χ3n) is 7.57. The number of aromatic nitrogens is 4. The molecule has 0 radical (unpaired) electrons. The molecule has 12 heteroatoms. The van der Waals surface area contributed by atoms with Gasteiger partial charge in [0.05, 0.1) is 41.1 Å². The lowest BCUT2D eigenvalue weighted by atomic mass is 9.85. The van der Waals surface area contributed by atoms with Crippen molar-refractivity contribution in [2.24, 2.45) is 7.05 Å². The van der Waals surface area contributed by atoms with Gasteiger partial charge in [0.25, 0.3) is 0 Å². The number of nitrogens with one attached hydrogen (secondary N) is 2. The van der Waals surface area contributed by atoms with E-state index in [1.165, 1.54) is 11.8 Å². The Morgan fingerprint density at radius 3 is 2.48 bits per heavy atom. The zero-order chi connectivity index (χ0) is 30.8. The summed E-state index contributed by atoms with van der Waals surface area (Å²) in [5, 5.41) is 21.4. The molecule has 42 heavy (non-hydrogen) atoms. The molecule has 1 fully saturated rings. The first-order valence-corrected chi connectivity index (χ1v) is 16.1. The van der Waals surface area contributed by atoms with Crippen molar-refractivity contribution in [3.63, 3.8) is 0 Å². The molecule has 1 aliphatic rings. The van der Waals surface area contributed by atoms with E-state index in [1.54, 1.807) is 17.9 Å². The number of aliphatic hydroxyl groups is 1. The van der Waals surface area contributed by atoms with Crippen LogP contribution in [0.4, 0.5) is 23.1 Å². The van der Waals surface area contributed by atoms with Gasteiger partial charge in [-0.1, -0.05) is 25.4 Å². The van der Waals surface area contributed by atoms with E-state index in [0.717, 1.165) is 42.9 Å². The summed E-state index contributed by atoms with van der Waals surface area (Å²) in [6, 6.07) is 4.24. The van der Waals surface area contributed by atoms with E-state index in [0.29, 0.717) is 33.4 Å². The van der Waals surface area contributed by atoms with Crippen molar-refractivity contribution in [1.82, 2.24) is 24.6 Å². The van der Waals surface area contributed by atoms with Crippen LogP contribution in [0.15, 0.2) is 29.6 Å². The van der Waals surface area contributed by atoms with Crippen molar-refractivity contribution < 1.29 is 14.1 Å². The monoisotopic (exact) mass is 617 g/mol. The minimum Gasteiger partial charge on any atom is -0.489 e. The molecule has 0 saturated carbocycles. The summed E-state index contributed by atoms with van der Waals surface area (Å²) in [5.74, 6) is 1.87. The van der Waals surface area contributed by atoms with Crippen molar-refractivity contribution in [2.75, 3.05) is 30.3 Å². The summed E-state index contributed by atoms with van der Waals surface area (Å²) >= 11 is 6.47. The zero-order valence-corrected chi connectivity index (χ0v) is 27.4. The van der Waals surface area contributed by atoms with Crippen molar-refractivity contribution in [2.45, 2.75) is 89.1 Å². The smallest absolute Gasteiger partial charge is 0.229 e. The highest BCUT2D eigenvalue weighted by Gasteiger charge is 2.31. The summed E-state index contributed by atoms with van der Waals surface area (Å²) in [7, 11) is 0.487. The van der Waals surface area contributed by atoms with Gasteiger partial charge < -0.3 is 20.5 Å². The molecule has 1 atom stereocenters. The summed E-state index contributed by atoms with van der Waals surface area (Å²) in [5.41, 5.74) is 3.57. The first-order chi connectivity index (χ1) is 19.8. The molecule has 1 aliphatic heterocycles. The number of halogens is 1. The van der Waals surface area contributed by atoms with Gasteiger partial charge in [-0.3, -0.25) is 13.8 Å². The Balaban J connectivity index is 1.59. The Kier molecular flexibility index (Phi) is 10.2. The maximum Gasteiger partial charge on any atom is 0.229 e. The van der Waals surface area contributed by atoms with Gasteiger partial charge in [-0.15, -0.1) is 0 Å². The second-order valence-corrected chi connectivity index (χ2v) is 14.4. The largest absolute Gasteiger partial charge is 0.489 e. The van der Waals surface area contributed by atoms with Gasteiger partial charge in [0.2, 0.25) is 5.95 Å². The number of rotatable bonds is 11. The van der Waals surface area contributed by atoms with E-state index < -0.39 is 10.8 Å². The molecular weight excluding hydrogens is 574 g/mol. The Labute approximate surface area is 256 Å². The highest BCUT2D eigenvalue weighted by Crippen LogP contribution is 2.39. The molecular formula is C30H44ClN7O3S. The van der Waals surface area contributed by atoms with Gasteiger partial charge in [0.1, 0.15) is 10.8 Å². The lowest BCUT2D eigenvalue weighted by Crippen LogP contribution is -2.50. The van der Waals surface area contributed by atoms with Gasteiger partial charge in [-0.05, 0) is 89.7 Å². The topological polar surface area (TPSA) is 117 Å². The van der Waals surface area contributed by atoms with Gasteiger partial charge >= 0.3 is 0 Å². The van der Waals surface area contributed by atoms with E-state index >= 15 is 0 Å². The maximum absolute atomic E-state index is 12.8. The van der Waals surface area contributed by atoms with Crippen LogP contribution in [0.5, 0.6) is 5.75 Å². The molecule has 1 unspecified atom stereocenters. The second-order valence-electron chi connectivity index (χ2n) is 12.1. The molecule has 0 bridgehead atoms. The van der Waals surface area contributed by atoms with Crippen LogP contribution < -0.4 is 15.4 Å². The van der Waals surface area contributed by atoms with Crippen LogP contribution in [0.1, 0.15) is 71.4 Å². The molecule has 3 N–H and O–H groups in total. The number of ether oxygens (including phenoxy) is 1. The third kappa shape index (κ3) is 7.42. The SMILES string of the molecule is Cc1cc(Nc2ncc(Cl)c(Nc3cn(C)nc3S(=O)C(C)C)n2)c(OC(C)C)cc1C1CCN(C(C)(C)CO)CC1. The Morgan fingerprint density at radius 1 is 1.17 bits per heavy atom. The van der Waals surface area contributed by atoms with Gasteiger partial charge in [-0.25, -0.2) is 4.98 Å². The first-order valence-electron chi connectivity index (χ1n) is 14.5. The number of hydrogen-bond donors (Lipinski definition) is 3. The zero-order valence-electron chi connectivity index (χ0n) is 25.9. The molecule has 1 saturated heterocycles. The highest BCUT2D eigenvalue weighted by molar-refractivity contribution is 7.85. The summed E-state index contributed by atoms with van der Waals surface area (Å²) in [6.45, 7) is 16.1. The lowest BCUT2D eigenvalue weighted by molar-refractivity contribution is 0.0378. The number of hydrogen-bond acceptors (Lipinski definition) is 9. The molecule has 10 nitrogen and oxygen atoms in total. The maximum atomic E-state index is 12.8. The summed E-state index contributed by atoms with van der Waals surface area (Å²) in [6.07, 6.45) is 5.30. The van der Waals surface area contributed by atoms with Crippen molar-refractivity contribution in [1.29, 1.82) is 0 Å². The second kappa shape index (κ2) is 13.3. The Hall–Kier alpha value is -2.73. The predicted molar refractivity (Wildman–Crippen MR) is 170 cm³/mol. The number of benzene rings is 1. The molecule has 0 amide bonds. The van der Waals surface area contributed by atoms with Crippen LogP contribution in [-0.4, -0.2) is 70.6 Å². The van der Waals surface area contributed by atoms with Crippen LogP contribution in [0.25, 0.3) is 0 Å². The molecule has 0 spiro atoms. The van der Waals surface area contributed by atoms with Gasteiger partial charge in [0.15, 0.2) is 10.8 Å². The fourth-order valence-corrected chi connectivity index (χ4v) is 6.29. The standard InChI is InChI=1S/C30H44ClN7O3S/c1-18(2)41-26-14-22(21-9-11-38(12-10-21)30(6,7)17-39)20(5)13-24(26)34-29-32-15-23(31)27(35-29)33-25-16-37(8)36-28(25)42(40)19(3)4/h13-16,18-19,21,39H,9-12,17H2,1-8H3,(H2,32,33,34,35). The molecule has 2 aromatic heterocycles. The molecule has 1 aromatic carbocycles. The van der Waals surface area contributed by atoms with E-state index in [-0.39, 0.29) is 23.5 Å². The number of likely N-dealkylation sites (tertiary alicyclic amines) is 1. The third-order valence-corrected chi connectivity index (χ3v) is 9.38. The van der Waals surface area contributed by atoms with Gasteiger partial charge in [-0.2, -0.15) is 10.1 Å². The number of aryl methyl sites for hydroxylation is 2. The highest BCUT2D eigenvalue weighted by atomic mass is 35.5. The van der Waals surface area contributed by atoms with Crippen LogP contribution >= 0.6 is 11.6 Å². The number of aliphatic hydroxyl groups excluding tert-OH is 1. The van der Waals surface area contributed by atoms with E-state index in [2.05, 4.69) is 63.5 Å². The Morgan fingerprint density at radius 2 is 1.86 bits per heavy atom. The van der Waals surface area contributed by atoms with Crippen molar-refractivity contribution in [3.8, 4) is 5.75 Å². The van der Waals surface area contributed by atoms with Crippen molar-refractivity contribution in [3.05, 3.63) is 40.7 Å². The lowest BCUT2D eigenvalue weighted by Gasteiger charge is -2.42. The number of piperidine rings is 1. The number of nitrogens with zero attached hydrogens (tertiary/aromatic N) is 5. The van der Waals surface area contributed by atoms with Crippen LogP contribution in [0, 0.1) is 6.92 Å². The molecule has 4 rings (SSSR count). The van der Waals surface area contributed by atoms with Crippen LogP contribution in [0.2, 0.25) is 5.02 Å². The fraction of sp³-hybridized carbons (Fsp3) is 0.567. The van der Waals surface area contributed by atoms with Gasteiger partial charge in [0, 0.05) is 24.0 Å². The normalized spacial score (nSPS) is 15.8. The molecule has 230 valence electrons. The molecule has 3 heterocycles. The Bertz CT molecular complexity index is 1420. The minimum atomic E-state index is -1.29. The van der Waals surface area contributed by atoms with E-state index in [4.69, 9.17) is 16.3 Å². The minimum absolute atomic E-state index is 0.0255. The average Bonchev–Trinajstić information content (AvgIpc) is 3.30. The van der Waals surface area contributed by atoms with E-state index in [9.17, 15) is 9.32 Å². The summed E-state index contributed by atoms with van der Waals surface area (Å²) in [4.78, 5) is 11.4.